The zero-order valence-electron chi connectivity index (χ0n) is 13.2. The van der Waals surface area contributed by atoms with Crippen molar-refractivity contribution >= 4 is 29.1 Å². The highest BCUT2D eigenvalue weighted by molar-refractivity contribution is 6.31. The molecule has 0 unspecified atom stereocenters. The number of rotatable bonds is 7. The fourth-order valence-corrected chi connectivity index (χ4v) is 2.13. The molecule has 0 atom stereocenters. The molecule has 0 bridgehead atoms. The molecule has 0 heterocycles. The summed E-state index contributed by atoms with van der Waals surface area (Å²) in [5, 5.41) is 1.92. The minimum atomic E-state index is -4.61. The molecule has 2 amide bonds. The zero-order chi connectivity index (χ0) is 18.3. The van der Waals surface area contributed by atoms with Crippen molar-refractivity contribution in [1.29, 1.82) is 0 Å². The first kappa shape index (κ1) is 20.2. The Balaban J connectivity index is 2.66. The van der Waals surface area contributed by atoms with Crippen molar-refractivity contribution in [3.8, 4) is 0 Å². The number of alkyl halides is 3. The molecule has 1 rings (SSSR count). The number of halogens is 4. The maximum Gasteiger partial charge on any atom is 0.417 e. The third-order valence-electron chi connectivity index (χ3n) is 3.17. The summed E-state index contributed by atoms with van der Waals surface area (Å²) in [4.78, 5) is 24.7. The molecule has 0 spiro atoms. The highest BCUT2D eigenvalue weighted by atomic mass is 35.5. The van der Waals surface area contributed by atoms with Crippen LogP contribution in [0.3, 0.4) is 0 Å². The average molecular weight is 367 g/mol. The van der Waals surface area contributed by atoms with Crippen molar-refractivity contribution in [2.75, 3.05) is 32.1 Å². The lowest BCUT2D eigenvalue weighted by Crippen LogP contribution is -2.34. The third-order valence-corrected chi connectivity index (χ3v) is 3.50. The summed E-state index contributed by atoms with van der Waals surface area (Å²) in [7, 11) is 1.49. The van der Waals surface area contributed by atoms with Gasteiger partial charge in [-0.05, 0) is 18.2 Å². The molecule has 0 saturated heterocycles. The summed E-state index contributed by atoms with van der Waals surface area (Å²) >= 11 is 5.51. The van der Waals surface area contributed by atoms with E-state index in [0.29, 0.717) is 13.2 Å². The third kappa shape index (κ3) is 6.37. The van der Waals surface area contributed by atoms with Crippen LogP contribution in [0.5, 0.6) is 0 Å². The first-order valence-electron chi connectivity index (χ1n) is 7.06. The summed E-state index contributed by atoms with van der Waals surface area (Å²) in [5.74, 6) is -0.722. The van der Waals surface area contributed by atoms with Crippen LogP contribution < -0.4 is 5.32 Å². The number of carbonyl (C=O) groups excluding carboxylic acids is 2. The van der Waals surface area contributed by atoms with Crippen LogP contribution in [0.2, 0.25) is 5.02 Å². The van der Waals surface area contributed by atoms with Gasteiger partial charge in [0, 0.05) is 39.2 Å². The molecule has 0 aliphatic carbocycles. The van der Waals surface area contributed by atoms with Crippen molar-refractivity contribution in [3.05, 3.63) is 28.8 Å². The van der Waals surface area contributed by atoms with Crippen molar-refractivity contribution in [3.63, 3.8) is 0 Å². The van der Waals surface area contributed by atoms with Gasteiger partial charge in [0.15, 0.2) is 0 Å². The van der Waals surface area contributed by atoms with E-state index in [4.69, 9.17) is 16.3 Å². The normalized spacial score (nSPS) is 11.2. The van der Waals surface area contributed by atoms with Crippen LogP contribution in [0.1, 0.15) is 18.9 Å². The molecule has 0 aliphatic heterocycles. The van der Waals surface area contributed by atoms with Crippen LogP contribution in [0.4, 0.5) is 18.9 Å². The van der Waals surface area contributed by atoms with Gasteiger partial charge >= 0.3 is 6.18 Å². The summed E-state index contributed by atoms with van der Waals surface area (Å²) in [6.07, 6.45) is -4.66. The maximum atomic E-state index is 12.8. The van der Waals surface area contributed by atoms with Crippen LogP contribution in [0, 0.1) is 0 Å². The van der Waals surface area contributed by atoms with E-state index in [1.165, 1.54) is 25.0 Å². The molecular formula is C15H18ClF3N2O3. The predicted octanol–water partition coefficient (Wildman–Crippen LogP) is 3.18. The van der Waals surface area contributed by atoms with Crippen molar-refractivity contribution < 1.29 is 27.5 Å². The Bertz CT molecular complexity index is 594. The van der Waals surface area contributed by atoms with Crippen LogP contribution in [0.25, 0.3) is 0 Å². The molecule has 134 valence electrons. The second-order valence-electron chi connectivity index (χ2n) is 4.99. The van der Waals surface area contributed by atoms with E-state index in [0.717, 1.165) is 12.1 Å². The minimum absolute atomic E-state index is 0.0111. The van der Waals surface area contributed by atoms with Gasteiger partial charge in [-0.3, -0.25) is 9.59 Å². The molecule has 9 heteroatoms. The Labute approximate surface area is 142 Å². The standard InChI is InChI=1S/C15H18ClF3N2O3/c1-10(22)21(7-8-24-2)6-5-14(23)20-11-3-4-13(16)12(9-11)15(17,18)19/h3-4,9H,5-8H2,1-2H3,(H,20,23). The number of amides is 2. The lowest BCUT2D eigenvalue weighted by Gasteiger charge is -2.20. The second-order valence-corrected chi connectivity index (χ2v) is 5.40. The molecule has 1 N–H and O–H groups in total. The number of hydrogen-bond acceptors (Lipinski definition) is 3. The highest BCUT2D eigenvalue weighted by Gasteiger charge is 2.33. The van der Waals surface area contributed by atoms with E-state index >= 15 is 0 Å². The SMILES string of the molecule is COCCN(CCC(=O)Nc1ccc(Cl)c(C(F)(F)F)c1)C(C)=O. The lowest BCUT2D eigenvalue weighted by molar-refractivity contribution is -0.137. The Hall–Kier alpha value is -1.80. The van der Waals surface area contributed by atoms with Gasteiger partial charge in [0.05, 0.1) is 17.2 Å². The predicted molar refractivity (Wildman–Crippen MR) is 83.8 cm³/mol. The van der Waals surface area contributed by atoms with Gasteiger partial charge < -0.3 is 15.0 Å². The number of ether oxygens (including phenoxy) is 1. The monoisotopic (exact) mass is 366 g/mol. The first-order valence-corrected chi connectivity index (χ1v) is 7.44. The van der Waals surface area contributed by atoms with Gasteiger partial charge in [0.2, 0.25) is 11.8 Å². The van der Waals surface area contributed by atoms with Gasteiger partial charge in [0.25, 0.3) is 0 Å². The lowest BCUT2D eigenvalue weighted by atomic mass is 10.2. The Morgan fingerprint density at radius 3 is 2.50 bits per heavy atom. The number of nitrogens with one attached hydrogen (secondary N) is 1. The number of anilines is 1. The minimum Gasteiger partial charge on any atom is -0.383 e. The molecule has 0 saturated carbocycles. The van der Waals surface area contributed by atoms with Gasteiger partial charge in [-0.2, -0.15) is 13.2 Å². The quantitative estimate of drug-likeness (QED) is 0.806. The topological polar surface area (TPSA) is 58.6 Å². The Morgan fingerprint density at radius 1 is 1.29 bits per heavy atom. The maximum absolute atomic E-state index is 12.8. The van der Waals surface area contributed by atoms with Gasteiger partial charge in [-0.15, -0.1) is 0 Å². The van der Waals surface area contributed by atoms with Gasteiger partial charge in [0.1, 0.15) is 0 Å². The molecule has 0 aliphatic rings. The van der Waals surface area contributed by atoms with Crippen LogP contribution >= 0.6 is 11.6 Å². The summed E-state index contributed by atoms with van der Waals surface area (Å²) in [6, 6.07) is 3.12. The molecule has 0 fully saturated rings. The van der Waals surface area contributed by atoms with Crippen molar-refractivity contribution in [2.45, 2.75) is 19.5 Å². The molecular weight excluding hydrogens is 349 g/mol. The molecule has 24 heavy (non-hydrogen) atoms. The smallest absolute Gasteiger partial charge is 0.383 e. The zero-order valence-corrected chi connectivity index (χ0v) is 14.0. The number of carbonyl (C=O) groups is 2. The second kappa shape index (κ2) is 8.89. The summed E-state index contributed by atoms with van der Waals surface area (Å²) < 4.78 is 43.2. The molecule has 1 aromatic rings. The fourth-order valence-electron chi connectivity index (χ4n) is 1.91. The van der Waals surface area contributed by atoms with Crippen molar-refractivity contribution in [2.24, 2.45) is 0 Å². The Kier molecular flexibility index (Phi) is 7.50. The van der Waals surface area contributed by atoms with E-state index in [9.17, 15) is 22.8 Å². The number of benzene rings is 1. The highest BCUT2D eigenvalue weighted by Crippen LogP contribution is 2.36. The molecule has 0 radical (unpaired) electrons. The van der Waals surface area contributed by atoms with E-state index < -0.39 is 22.7 Å². The number of hydrogen-bond donors (Lipinski definition) is 1. The summed E-state index contributed by atoms with van der Waals surface area (Å²) in [6.45, 7) is 2.16. The van der Waals surface area contributed by atoms with Crippen LogP contribution in [-0.2, 0) is 20.5 Å². The van der Waals surface area contributed by atoms with E-state index in [-0.39, 0.29) is 24.6 Å². The van der Waals surface area contributed by atoms with Crippen LogP contribution in [-0.4, -0.2) is 43.5 Å². The number of methoxy groups -OCH3 is 1. The molecule has 5 nitrogen and oxygen atoms in total. The van der Waals surface area contributed by atoms with E-state index in [1.807, 2.05) is 0 Å². The molecule has 1 aromatic carbocycles. The van der Waals surface area contributed by atoms with Gasteiger partial charge in [-0.1, -0.05) is 11.6 Å². The fraction of sp³-hybridized carbons (Fsp3) is 0.467. The van der Waals surface area contributed by atoms with Crippen molar-refractivity contribution in [1.82, 2.24) is 4.90 Å². The Morgan fingerprint density at radius 2 is 1.96 bits per heavy atom. The van der Waals surface area contributed by atoms with Gasteiger partial charge in [-0.25, -0.2) is 0 Å². The average Bonchev–Trinajstić information content (AvgIpc) is 2.47. The van der Waals surface area contributed by atoms with Crippen LogP contribution in [0.15, 0.2) is 18.2 Å². The number of nitrogens with zero attached hydrogens (tertiary/aromatic N) is 1. The van der Waals surface area contributed by atoms with E-state index in [2.05, 4.69) is 5.32 Å². The molecule has 0 aromatic heterocycles. The van der Waals surface area contributed by atoms with E-state index in [1.54, 1.807) is 0 Å². The first-order chi connectivity index (χ1) is 11.1. The summed E-state index contributed by atoms with van der Waals surface area (Å²) in [5.41, 5.74) is -1.03. The largest absolute Gasteiger partial charge is 0.417 e.